The predicted molar refractivity (Wildman–Crippen MR) is 156 cm³/mol. The van der Waals surface area contributed by atoms with Crippen LogP contribution in [-0.4, -0.2) is 72.5 Å². The Morgan fingerprint density at radius 3 is 2.42 bits per heavy atom. The second-order valence-electron chi connectivity index (χ2n) is 9.98. The molecule has 0 saturated heterocycles. The molecule has 0 amide bonds. The van der Waals surface area contributed by atoms with E-state index in [2.05, 4.69) is 14.9 Å². The first-order valence-corrected chi connectivity index (χ1v) is 13.6. The summed E-state index contributed by atoms with van der Waals surface area (Å²) in [4.78, 5) is 39.0. The van der Waals surface area contributed by atoms with Gasteiger partial charge in [0.1, 0.15) is 17.2 Å². The summed E-state index contributed by atoms with van der Waals surface area (Å²) < 4.78 is 1.55. The lowest BCUT2D eigenvalue weighted by Gasteiger charge is -2.20. The number of aromatic hydroxyl groups is 2. The second-order valence-corrected chi connectivity index (χ2v) is 10.8. The Balaban J connectivity index is 1.80. The van der Waals surface area contributed by atoms with Crippen molar-refractivity contribution in [1.82, 2.24) is 24.2 Å². The first-order chi connectivity index (χ1) is 19.2. The second kappa shape index (κ2) is 8.30. The fourth-order valence-corrected chi connectivity index (χ4v) is 6.82. The van der Waals surface area contributed by atoms with Crippen molar-refractivity contribution < 1.29 is 20.1 Å². The summed E-state index contributed by atoms with van der Waals surface area (Å²) in [6, 6.07) is 11.1. The van der Waals surface area contributed by atoms with Crippen molar-refractivity contribution in [2.75, 3.05) is 27.0 Å². The molecule has 10 nitrogen and oxygen atoms in total. The molecule has 11 heteroatoms. The van der Waals surface area contributed by atoms with E-state index in [1.165, 1.54) is 30.0 Å². The van der Waals surface area contributed by atoms with Crippen LogP contribution in [0.25, 0.3) is 55.0 Å². The van der Waals surface area contributed by atoms with Gasteiger partial charge in [-0.2, -0.15) is 0 Å². The number of thioether (sulfide) groups is 1. The molecule has 4 aromatic heterocycles. The van der Waals surface area contributed by atoms with Gasteiger partial charge in [-0.15, -0.1) is 11.8 Å². The summed E-state index contributed by atoms with van der Waals surface area (Å²) in [5, 5.41) is 33.3. The summed E-state index contributed by atoms with van der Waals surface area (Å²) in [6.45, 7) is 0.559. The number of carboxylic acids is 1. The molecule has 0 fully saturated rings. The smallest absolute Gasteiger partial charge is 0.354 e. The molecule has 1 aliphatic heterocycles. The number of hydrogen-bond acceptors (Lipinski definition) is 8. The molecule has 5 heterocycles. The van der Waals surface area contributed by atoms with Gasteiger partial charge in [-0.25, -0.2) is 9.78 Å². The number of carbonyl (C=O) groups is 1. The zero-order chi connectivity index (χ0) is 28.0. The SMILES string of the molecule is CSC1=C(c2c(-c3c[nH]c4ccc(O)cc34)c(=O)n3c4ccc(O)cc4c4cc(C(=O)O)nc2c43)N(C)CN1C. The Labute approximate surface area is 230 Å². The minimum atomic E-state index is -1.20. The molecule has 200 valence electrons. The number of hydrogen-bond donors (Lipinski definition) is 4. The molecular formula is C29H23N5O5S. The molecule has 7 rings (SSSR count). The summed E-state index contributed by atoms with van der Waals surface area (Å²) in [7, 11) is 3.88. The number of fused-ring (bicyclic) bond motifs is 4. The highest BCUT2D eigenvalue weighted by Gasteiger charge is 2.33. The van der Waals surface area contributed by atoms with Crippen molar-refractivity contribution in [3.8, 4) is 22.6 Å². The zero-order valence-electron chi connectivity index (χ0n) is 21.7. The number of nitrogens with zero attached hydrogens (tertiary/aromatic N) is 4. The minimum Gasteiger partial charge on any atom is -0.508 e. The Hall–Kier alpha value is -4.90. The summed E-state index contributed by atoms with van der Waals surface area (Å²) in [6.07, 6.45) is 3.69. The molecule has 0 radical (unpaired) electrons. The van der Waals surface area contributed by atoms with Crippen molar-refractivity contribution in [3.05, 3.63) is 75.3 Å². The Morgan fingerprint density at radius 2 is 1.70 bits per heavy atom. The van der Waals surface area contributed by atoms with Crippen molar-refractivity contribution >= 4 is 61.7 Å². The first kappa shape index (κ1) is 24.2. The lowest BCUT2D eigenvalue weighted by molar-refractivity contribution is 0.0691. The fourth-order valence-electron chi connectivity index (χ4n) is 6.00. The van der Waals surface area contributed by atoms with Gasteiger partial charge >= 0.3 is 5.97 Å². The van der Waals surface area contributed by atoms with Crippen molar-refractivity contribution in [3.63, 3.8) is 0 Å². The quantitative estimate of drug-likeness (QED) is 0.249. The minimum absolute atomic E-state index is 0.00137. The molecule has 40 heavy (non-hydrogen) atoms. The molecule has 0 bridgehead atoms. The molecule has 0 spiro atoms. The maximum absolute atomic E-state index is 14.7. The van der Waals surface area contributed by atoms with Gasteiger partial charge in [0, 0.05) is 53.1 Å². The molecular weight excluding hydrogens is 530 g/mol. The normalized spacial score (nSPS) is 14.2. The summed E-state index contributed by atoms with van der Waals surface area (Å²) >= 11 is 1.53. The van der Waals surface area contributed by atoms with Crippen molar-refractivity contribution in [2.24, 2.45) is 0 Å². The third-order valence-corrected chi connectivity index (χ3v) is 8.46. The summed E-state index contributed by atoms with van der Waals surface area (Å²) in [5.41, 5.74) is 3.75. The third kappa shape index (κ3) is 3.15. The van der Waals surface area contributed by atoms with Crippen LogP contribution in [0.2, 0.25) is 0 Å². The van der Waals surface area contributed by atoms with E-state index in [1.807, 2.05) is 25.3 Å². The number of phenols is 2. The predicted octanol–water partition coefficient (Wildman–Crippen LogP) is 4.52. The van der Waals surface area contributed by atoms with Crippen LogP contribution in [0.15, 0.2) is 58.5 Å². The zero-order valence-corrected chi connectivity index (χ0v) is 22.5. The van der Waals surface area contributed by atoms with Gasteiger partial charge in [-0.05, 0) is 48.7 Å². The number of nitrogens with one attached hydrogen (secondary N) is 1. The highest BCUT2D eigenvalue weighted by molar-refractivity contribution is 8.02. The van der Waals surface area contributed by atoms with E-state index in [-0.39, 0.29) is 22.8 Å². The third-order valence-electron chi connectivity index (χ3n) is 7.57. The molecule has 4 N–H and O–H groups in total. The highest BCUT2D eigenvalue weighted by Crippen LogP contribution is 2.45. The number of aromatic amines is 1. The Morgan fingerprint density at radius 1 is 0.975 bits per heavy atom. The van der Waals surface area contributed by atoms with Crippen LogP contribution in [0.5, 0.6) is 11.5 Å². The molecule has 1 aliphatic rings. The van der Waals surface area contributed by atoms with Gasteiger partial charge in [-0.3, -0.25) is 9.20 Å². The lowest BCUT2D eigenvalue weighted by atomic mass is 9.96. The first-order valence-electron chi connectivity index (χ1n) is 12.4. The van der Waals surface area contributed by atoms with E-state index >= 15 is 0 Å². The topological polar surface area (TPSA) is 134 Å². The number of aromatic carboxylic acids is 1. The summed E-state index contributed by atoms with van der Waals surface area (Å²) in [5.74, 6) is -1.15. The largest absolute Gasteiger partial charge is 0.508 e. The fraction of sp³-hybridized carbons (Fsp3) is 0.138. The number of rotatable bonds is 4. The standard InChI is InChI=1S/C29H23N5O5S/c1-32-12-33(2)28(40-3)26(32)23-22(18-11-30-19-6-4-13(35)8-15(18)19)27(37)34-21-7-5-14(36)9-16(21)17-10-20(29(38)39)31-24(23)25(17)34/h4-11,30,35-36H,12H2,1-3H3,(H,38,39). The lowest BCUT2D eigenvalue weighted by Crippen LogP contribution is -2.23. The van der Waals surface area contributed by atoms with Crippen molar-refractivity contribution in [1.29, 1.82) is 0 Å². The van der Waals surface area contributed by atoms with Gasteiger partial charge < -0.3 is 30.1 Å². The molecule has 0 aliphatic carbocycles. The number of aromatic nitrogens is 3. The van der Waals surface area contributed by atoms with Gasteiger partial charge in [0.05, 0.1) is 39.5 Å². The maximum Gasteiger partial charge on any atom is 0.354 e. The van der Waals surface area contributed by atoms with E-state index in [0.717, 1.165) is 16.2 Å². The van der Waals surface area contributed by atoms with Crippen LogP contribution in [0, 0.1) is 0 Å². The Kier molecular flexibility index (Phi) is 5.01. The van der Waals surface area contributed by atoms with Crippen molar-refractivity contribution in [2.45, 2.75) is 0 Å². The van der Waals surface area contributed by atoms with Gasteiger partial charge in [-0.1, -0.05) is 0 Å². The van der Waals surface area contributed by atoms with Crippen LogP contribution >= 0.6 is 11.8 Å². The number of pyridine rings is 2. The van der Waals surface area contributed by atoms with Crippen LogP contribution in [0.3, 0.4) is 0 Å². The monoisotopic (exact) mass is 553 g/mol. The van der Waals surface area contributed by atoms with Crippen LogP contribution in [0.4, 0.5) is 0 Å². The van der Waals surface area contributed by atoms with Crippen LogP contribution in [0.1, 0.15) is 16.1 Å². The van der Waals surface area contributed by atoms with E-state index < -0.39 is 5.97 Å². The highest BCUT2D eigenvalue weighted by atomic mass is 32.2. The van der Waals surface area contributed by atoms with Gasteiger partial charge in [0.2, 0.25) is 0 Å². The molecule has 6 aromatic rings. The molecule has 2 aromatic carbocycles. The Bertz CT molecular complexity index is 2150. The van der Waals surface area contributed by atoms with Crippen LogP contribution < -0.4 is 5.56 Å². The number of phenolic OH excluding ortho intramolecular Hbond substituents is 2. The van der Waals surface area contributed by atoms with E-state index in [0.29, 0.717) is 56.1 Å². The van der Waals surface area contributed by atoms with Gasteiger partial charge in [0.25, 0.3) is 5.56 Å². The average molecular weight is 554 g/mol. The number of benzene rings is 2. The van der Waals surface area contributed by atoms with Gasteiger partial charge in [0.15, 0.2) is 0 Å². The number of H-pyrrole nitrogens is 1. The average Bonchev–Trinajstić information content (AvgIpc) is 3.56. The molecule has 0 atom stereocenters. The van der Waals surface area contributed by atoms with Crippen LogP contribution in [-0.2, 0) is 0 Å². The van der Waals surface area contributed by atoms with E-state index in [4.69, 9.17) is 0 Å². The molecule has 0 saturated carbocycles. The van der Waals surface area contributed by atoms with E-state index in [1.54, 1.807) is 34.9 Å². The molecule has 0 unspecified atom stereocenters. The number of carboxylic acid groups (broad SMARTS) is 1. The van der Waals surface area contributed by atoms with E-state index in [9.17, 15) is 24.9 Å². The maximum atomic E-state index is 14.7.